The minimum absolute atomic E-state index is 0.314. The summed E-state index contributed by atoms with van der Waals surface area (Å²) in [4.78, 5) is 5.63. The highest BCUT2D eigenvalue weighted by molar-refractivity contribution is 7.92. The van der Waals surface area contributed by atoms with Crippen LogP contribution in [0, 0.1) is 0 Å². The normalized spacial score (nSPS) is 13.8. The maximum atomic E-state index is 13.6. The smallest absolute Gasteiger partial charge is 0.210 e. The molecule has 0 fully saturated rings. The van der Waals surface area contributed by atoms with Gasteiger partial charge in [0.15, 0.2) is 0 Å². The number of para-hydroxylation sites is 3. The van der Waals surface area contributed by atoms with Crippen molar-refractivity contribution in [3.05, 3.63) is 115 Å². The van der Waals surface area contributed by atoms with Crippen LogP contribution in [0.4, 0.5) is 0 Å². The minimum atomic E-state index is -3.64. The summed E-state index contributed by atoms with van der Waals surface area (Å²) in [5.74, 6) is 0.850. The molecule has 0 saturated carbocycles. The molecule has 0 aliphatic carbocycles. The van der Waals surface area contributed by atoms with Crippen LogP contribution in [-0.4, -0.2) is 22.5 Å². The molecule has 0 amide bonds. The molecule has 0 atom stereocenters. The molecule has 0 unspecified atom stereocenters. The molecule has 0 saturated heterocycles. The molecule has 2 aromatic heterocycles. The van der Waals surface area contributed by atoms with E-state index in [1.54, 1.807) is 18.2 Å². The van der Waals surface area contributed by atoms with Gasteiger partial charge < -0.3 is 4.57 Å². The predicted molar refractivity (Wildman–Crippen MR) is 156 cm³/mol. The second-order valence-electron chi connectivity index (χ2n) is 9.91. The van der Waals surface area contributed by atoms with Crippen LogP contribution in [0.2, 0.25) is 0 Å². The van der Waals surface area contributed by atoms with Gasteiger partial charge in [0.1, 0.15) is 5.82 Å². The Labute approximate surface area is 225 Å². The monoisotopic (exact) mass is 525 g/mol. The van der Waals surface area contributed by atoms with E-state index in [0.717, 1.165) is 33.7 Å². The molecule has 8 rings (SSSR count). The number of rotatable bonds is 3. The zero-order chi connectivity index (χ0) is 26.3. The first-order valence-electron chi connectivity index (χ1n) is 13.1. The van der Waals surface area contributed by atoms with Crippen molar-refractivity contribution in [2.45, 2.75) is 23.1 Å². The lowest BCUT2D eigenvalue weighted by molar-refractivity contribution is 0.594. The quantitative estimate of drug-likeness (QED) is 0.240. The first-order valence-corrected chi connectivity index (χ1v) is 14.5. The van der Waals surface area contributed by atoms with Gasteiger partial charge in [-0.1, -0.05) is 73.7 Å². The third-order valence-corrected chi connectivity index (χ3v) is 9.69. The Morgan fingerprint density at radius 2 is 1.31 bits per heavy atom. The van der Waals surface area contributed by atoms with Crippen molar-refractivity contribution in [3.63, 3.8) is 0 Å². The van der Waals surface area contributed by atoms with Crippen LogP contribution in [0.1, 0.15) is 12.7 Å². The van der Waals surface area contributed by atoms with Gasteiger partial charge in [-0.05, 0) is 48.0 Å². The van der Waals surface area contributed by atoms with E-state index in [-0.39, 0.29) is 0 Å². The van der Waals surface area contributed by atoms with Crippen molar-refractivity contribution in [1.29, 1.82) is 0 Å². The van der Waals surface area contributed by atoms with Gasteiger partial charge in [-0.2, -0.15) is 0 Å². The molecule has 6 heteroatoms. The molecule has 188 valence electrons. The molecule has 7 aromatic rings. The Hall–Kier alpha value is -4.68. The number of hydrogen-bond donors (Lipinski definition) is 0. The molecule has 0 bridgehead atoms. The fourth-order valence-electron chi connectivity index (χ4n) is 6.12. The molecule has 1 aliphatic heterocycles. The second kappa shape index (κ2) is 7.91. The summed E-state index contributed by atoms with van der Waals surface area (Å²) in [7, 11) is -3.64. The van der Waals surface area contributed by atoms with E-state index >= 15 is 0 Å². The lowest BCUT2D eigenvalue weighted by atomic mass is 10.0. The fourth-order valence-corrected chi connectivity index (χ4v) is 7.74. The third kappa shape index (κ3) is 2.95. The van der Waals surface area contributed by atoms with E-state index in [1.165, 1.54) is 10.8 Å². The van der Waals surface area contributed by atoms with E-state index in [2.05, 4.69) is 84.3 Å². The summed E-state index contributed by atoms with van der Waals surface area (Å²) >= 11 is 0. The number of hydrogen-bond acceptors (Lipinski definition) is 3. The number of sulfone groups is 1. The highest BCUT2D eigenvalue weighted by Crippen LogP contribution is 2.42. The molecule has 0 spiro atoms. The van der Waals surface area contributed by atoms with Gasteiger partial charge in [-0.15, -0.1) is 0 Å². The molecule has 5 nitrogen and oxygen atoms in total. The van der Waals surface area contributed by atoms with Gasteiger partial charge in [0.05, 0.1) is 37.5 Å². The summed E-state index contributed by atoms with van der Waals surface area (Å²) in [5, 5.41) is 2.45. The van der Waals surface area contributed by atoms with E-state index in [9.17, 15) is 8.42 Å². The summed E-state index contributed by atoms with van der Waals surface area (Å²) in [6, 6.07) is 36.2. The standard InChI is InChI=1S/C33H23N3O2S/c1-2-31-34-32-23(19-20-30-33(32)36(31)28-13-7-8-14-29(28)39(30,37)38)21-15-17-22(18-16-21)35-26-11-5-3-9-24(26)25-10-4-6-12-27(25)35/h3-20H,2H2,1H3. The van der Waals surface area contributed by atoms with Gasteiger partial charge >= 0.3 is 0 Å². The number of aryl methyl sites for hydroxylation is 1. The minimum Gasteiger partial charge on any atom is -0.309 e. The number of aromatic nitrogens is 3. The molecule has 0 N–H and O–H groups in total. The Morgan fingerprint density at radius 1 is 0.667 bits per heavy atom. The van der Waals surface area contributed by atoms with E-state index in [0.29, 0.717) is 32.9 Å². The zero-order valence-electron chi connectivity index (χ0n) is 21.2. The van der Waals surface area contributed by atoms with E-state index < -0.39 is 9.84 Å². The van der Waals surface area contributed by atoms with Gasteiger partial charge in [0, 0.05) is 28.4 Å². The molecule has 5 aromatic carbocycles. The molecule has 0 radical (unpaired) electrons. The summed E-state index contributed by atoms with van der Waals surface area (Å²) in [6.45, 7) is 2.05. The van der Waals surface area contributed by atoms with Crippen LogP contribution in [-0.2, 0) is 16.3 Å². The number of nitrogens with zero attached hydrogens (tertiary/aromatic N) is 3. The Bertz CT molecular complexity index is 2170. The Balaban J connectivity index is 1.34. The summed E-state index contributed by atoms with van der Waals surface area (Å²) < 4.78 is 31.5. The average molecular weight is 526 g/mol. The molecule has 39 heavy (non-hydrogen) atoms. The lowest BCUT2D eigenvalue weighted by Gasteiger charge is -2.21. The van der Waals surface area contributed by atoms with Gasteiger partial charge in [0.2, 0.25) is 9.84 Å². The topological polar surface area (TPSA) is 56.9 Å². The highest BCUT2D eigenvalue weighted by atomic mass is 32.2. The highest BCUT2D eigenvalue weighted by Gasteiger charge is 2.33. The van der Waals surface area contributed by atoms with Crippen molar-refractivity contribution < 1.29 is 8.42 Å². The van der Waals surface area contributed by atoms with Crippen LogP contribution in [0.3, 0.4) is 0 Å². The van der Waals surface area contributed by atoms with Gasteiger partial charge in [0.25, 0.3) is 0 Å². The number of benzene rings is 5. The van der Waals surface area contributed by atoms with Gasteiger partial charge in [-0.25, -0.2) is 13.4 Å². The largest absolute Gasteiger partial charge is 0.309 e. The van der Waals surface area contributed by atoms with Crippen molar-refractivity contribution >= 4 is 42.7 Å². The van der Waals surface area contributed by atoms with Crippen molar-refractivity contribution in [2.75, 3.05) is 0 Å². The first kappa shape index (κ1) is 22.3. The van der Waals surface area contributed by atoms with Crippen LogP contribution in [0.5, 0.6) is 0 Å². The predicted octanol–water partition coefficient (Wildman–Crippen LogP) is 7.50. The third-order valence-electron chi connectivity index (χ3n) is 7.85. The Morgan fingerprint density at radius 3 is 2.00 bits per heavy atom. The molecule has 1 aliphatic rings. The first-order chi connectivity index (χ1) is 19.1. The fraction of sp³-hybridized carbons (Fsp3) is 0.0606. The van der Waals surface area contributed by atoms with Gasteiger partial charge in [-0.3, -0.25) is 4.57 Å². The zero-order valence-corrected chi connectivity index (χ0v) is 22.0. The van der Waals surface area contributed by atoms with E-state index in [4.69, 9.17) is 4.98 Å². The lowest BCUT2D eigenvalue weighted by Crippen LogP contribution is -2.15. The molecule has 3 heterocycles. The second-order valence-corrected chi connectivity index (χ2v) is 11.8. The van der Waals surface area contributed by atoms with Crippen molar-refractivity contribution in [2.24, 2.45) is 0 Å². The van der Waals surface area contributed by atoms with Crippen molar-refractivity contribution in [3.8, 4) is 22.5 Å². The summed E-state index contributed by atoms with van der Waals surface area (Å²) in [5.41, 5.74) is 7.36. The van der Waals surface area contributed by atoms with Crippen LogP contribution in [0.15, 0.2) is 119 Å². The van der Waals surface area contributed by atoms with Crippen LogP contribution in [0.25, 0.3) is 55.3 Å². The molecular formula is C33H23N3O2S. The Kier molecular flexibility index (Phi) is 4.53. The maximum Gasteiger partial charge on any atom is 0.210 e. The SMILES string of the molecule is CCc1nc2c(-c3ccc(-n4c5ccccc5c5ccccc54)cc3)ccc3c2n1-c1ccccc1S3(=O)=O. The van der Waals surface area contributed by atoms with E-state index in [1.807, 2.05) is 22.8 Å². The van der Waals surface area contributed by atoms with Crippen LogP contribution >= 0.6 is 0 Å². The number of fused-ring (bicyclic) bond motifs is 5. The average Bonchev–Trinajstić information content (AvgIpc) is 3.53. The van der Waals surface area contributed by atoms with Crippen molar-refractivity contribution in [1.82, 2.24) is 14.1 Å². The molecular weight excluding hydrogens is 502 g/mol. The maximum absolute atomic E-state index is 13.6. The number of imidazole rings is 1. The summed E-state index contributed by atoms with van der Waals surface area (Å²) in [6.07, 6.45) is 0.689. The van der Waals surface area contributed by atoms with Crippen LogP contribution < -0.4 is 0 Å².